The molecule has 3 heteroatoms. The first-order valence-electron chi connectivity index (χ1n) is 7.51. The van der Waals surface area contributed by atoms with Crippen molar-refractivity contribution in [3.63, 3.8) is 0 Å². The van der Waals surface area contributed by atoms with Gasteiger partial charge in [0.05, 0.1) is 6.42 Å². The summed E-state index contributed by atoms with van der Waals surface area (Å²) in [4.78, 5) is 12.7. The molecule has 110 valence electrons. The van der Waals surface area contributed by atoms with E-state index in [1.165, 1.54) is 36.8 Å². The Hall–Kier alpha value is -0.830. The van der Waals surface area contributed by atoms with E-state index >= 15 is 0 Å². The standard InChI is InChI=1S/C17H24BrNO/c1-12-3-4-13(2)15(9-12)10-17(20)19-11-14-5-7-16(18)8-6-14/h3-4,9,14,16H,5-8,10-11H2,1-2H3,(H,19,20). The fraction of sp³-hybridized carbons (Fsp3) is 0.588. The van der Waals surface area contributed by atoms with Crippen LogP contribution >= 0.6 is 15.9 Å². The van der Waals surface area contributed by atoms with Gasteiger partial charge in [-0.25, -0.2) is 0 Å². The first-order chi connectivity index (χ1) is 9.54. The Bertz CT molecular complexity index is 464. The average molecular weight is 338 g/mol. The van der Waals surface area contributed by atoms with Crippen molar-refractivity contribution in [2.75, 3.05) is 6.54 Å². The van der Waals surface area contributed by atoms with Gasteiger partial charge in [-0.05, 0) is 56.6 Å². The van der Waals surface area contributed by atoms with Crippen molar-refractivity contribution < 1.29 is 4.79 Å². The zero-order valence-corrected chi connectivity index (χ0v) is 14.0. The van der Waals surface area contributed by atoms with Gasteiger partial charge in [0, 0.05) is 11.4 Å². The maximum Gasteiger partial charge on any atom is 0.224 e. The number of benzene rings is 1. The number of rotatable bonds is 4. The number of hydrogen-bond acceptors (Lipinski definition) is 1. The average Bonchev–Trinajstić information content (AvgIpc) is 2.42. The van der Waals surface area contributed by atoms with Gasteiger partial charge in [0.15, 0.2) is 0 Å². The van der Waals surface area contributed by atoms with Crippen molar-refractivity contribution in [1.29, 1.82) is 0 Å². The van der Waals surface area contributed by atoms with Crippen molar-refractivity contribution in [3.8, 4) is 0 Å². The summed E-state index contributed by atoms with van der Waals surface area (Å²) in [7, 11) is 0. The third-order valence-electron chi connectivity index (χ3n) is 4.22. The molecule has 2 nitrogen and oxygen atoms in total. The van der Waals surface area contributed by atoms with Gasteiger partial charge >= 0.3 is 0 Å². The van der Waals surface area contributed by atoms with Crippen LogP contribution in [0.15, 0.2) is 18.2 Å². The first-order valence-corrected chi connectivity index (χ1v) is 8.43. The summed E-state index contributed by atoms with van der Waals surface area (Å²) in [6.07, 6.45) is 5.41. The molecule has 1 aliphatic carbocycles. The van der Waals surface area contributed by atoms with Crippen LogP contribution in [-0.4, -0.2) is 17.3 Å². The molecule has 0 atom stereocenters. The van der Waals surface area contributed by atoms with E-state index in [-0.39, 0.29) is 5.91 Å². The van der Waals surface area contributed by atoms with Crippen LogP contribution in [0.3, 0.4) is 0 Å². The Morgan fingerprint density at radius 1 is 1.25 bits per heavy atom. The third kappa shape index (κ3) is 4.62. The van der Waals surface area contributed by atoms with E-state index in [0.717, 1.165) is 12.1 Å². The van der Waals surface area contributed by atoms with Gasteiger partial charge in [0.25, 0.3) is 0 Å². The van der Waals surface area contributed by atoms with Crippen LogP contribution < -0.4 is 5.32 Å². The second kappa shape index (κ2) is 7.26. The summed E-state index contributed by atoms with van der Waals surface area (Å²) in [5, 5.41) is 3.11. The molecule has 0 aromatic heterocycles. The Balaban J connectivity index is 1.79. The molecule has 2 rings (SSSR count). The predicted octanol–water partition coefficient (Wildman–Crippen LogP) is 3.92. The first kappa shape index (κ1) is 15.6. The second-order valence-electron chi connectivity index (χ2n) is 6.03. The zero-order valence-electron chi connectivity index (χ0n) is 12.4. The number of amides is 1. The SMILES string of the molecule is Cc1ccc(C)c(CC(=O)NCC2CCC(Br)CC2)c1. The molecule has 20 heavy (non-hydrogen) atoms. The summed E-state index contributed by atoms with van der Waals surface area (Å²) in [6, 6.07) is 6.30. The number of halogens is 1. The van der Waals surface area contributed by atoms with Gasteiger partial charge in [0.2, 0.25) is 5.91 Å². The van der Waals surface area contributed by atoms with E-state index in [1.807, 2.05) is 0 Å². The van der Waals surface area contributed by atoms with Crippen molar-refractivity contribution in [2.45, 2.75) is 50.8 Å². The molecule has 1 aliphatic rings. The highest BCUT2D eigenvalue weighted by Gasteiger charge is 2.19. The van der Waals surface area contributed by atoms with E-state index in [0.29, 0.717) is 17.2 Å². The van der Waals surface area contributed by atoms with Gasteiger partial charge in [-0.15, -0.1) is 0 Å². The number of carbonyl (C=O) groups is 1. The van der Waals surface area contributed by atoms with Crippen LogP contribution in [0.25, 0.3) is 0 Å². The quantitative estimate of drug-likeness (QED) is 0.829. The van der Waals surface area contributed by atoms with Gasteiger partial charge in [0.1, 0.15) is 0 Å². The van der Waals surface area contributed by atoms with E-state index in [9.17, 15) is 4.79 Å². The normalized spacial score (nSPS) is 22.6. The Morgan fingerprint density at radius 2 is 1.95 bits per heavy atom. The molecule has 0 aliphatic heterocycles. The molecule has 0 spiro atoms. The predicted molar refractivity (Wildman–Crippen MR) is 87.3 cm³/mol. The number of carbonyl (C=O) groups excluding carboxylic acids is 1. The Kier molecular flexibility index (Phi) is 5.64. The smallest absolute Gasteiger partial charge is 0.224 e. The lowest BCUT2D eigenvalue weighted by Gasteiger charge is -2.25. The largest absolute Gasteiger partial charge is 0.356 e. The van der Waals surface area contributed by atoms with E-state index in [4.69, 9.17) is 0 Å². The van der Waals surface area contributed by atoms with E-state index in [2.05, 4.69) is 53.3 Å². The summed E-state index contributed by atoms with van der Waals surface area (Å²) in [5.74, 6) is 0.811. The highest BCUT2D eigenvalue weighted by atomic mass is 79.9. The monoisotopic (exact) mass is 337 g/mol. The van der Waals surface area contributed by atoms with Gasteiger partial charge in [-0.3, -0.25) is 4.79 Å². The number of nitrogens with one attached hydrogen (secondary N) is 1. The summed E-state index contributed by atoms with van der Waals surface area (Å²) in [5.41, 5.74) is 3.56. The van der Waals surface area contributed by atoms with Gasteiger partial charge < -0.3 is 5.32 Å². The molecule has 1 saturated carbocycles. The molecule has 1 aromatic carbocycles. The fourth-order valence-corrected chi connectivity index (χ4v) is 3.34. The minimum atomic E-state index is 0.152. The van der Waals surface area contributed by atoms with Crippen LogP contribution in [0.5, 0.6) is 0 Å². The van der Waals surface area contributed by atoms with Crippen molar-refractivity contribution in [2.24, 2.45) is 5.92 Å². The molecule has 0 saturated heterocycles. The highest BCUT2D eigenvalue weighted by molar-refractivity contribution is 9.09. The lowest BCUT2D eigenvalue weighted by atomic mass is 9.89. The number of aryl methyl sites for hydroxylation is 2. The number of hydrogen-bond donors (Lipinski definition) is 1. The lowest BCUT2D eigenvalue weighted by Crippen LogP contribution is -2.32. The van der Waals surface area contributed by atoms with Gasteiger partial charge in [-0.2, -0.15) is 0 Å². The van der Waals surface area contributed by atoms with Gasteiger partial charge in [-0.1, -0.05) is 39.7 Å². The third-order valence-corrected chi connectivity index (χ3v) is 5.14. The van der Waals surface area contributed by atoms with Crippen LogP contribution in [0.2, 0.25) is 0 Å². The minimum Gasteiger partial charge on any atom is -0.356 e. The molecular weight excluding hydrogens is 314 g/mol. The molecule has 1 N–H and O–H groups in total. The van der Waals surface area contributed by atoms with Crippen molar-refractivity contribution in [3.05, 3.63) is 34.9 Å². The van der Waals surface area contributed by atoms with Crippen LogP contribution in [0, 0.1) is 19.8 Å². The van der Waals surface area contributed by atoms with E-state index in [1.54, 1.807) is 0 Å². The molecule has 0 radical (unpaired) electrons. The van der Waals surface area contributed by atoms with E-state index < -0.39 is 0 Å². The zero-order chi connectivity index (χ0) is 14.5. The maximum atomic E-state index is 12.1. The second-order valence-corrected chi connectivity index (χ2v) is 7.32. The molecular formula is C17H24BrNO. The molecule has 1 amide bonds. The molecule has 1 aromatic rings. The van der Waals surface area contributed by atoms with Crippen molar-refractivity contribution in [1.82, 2.24) is 5.32 Å². The topological polar surface area (TPSA) is 29.1 Å². The highest BCUT2D eigenvalue weighted by Crippen LogP contribution is 2.28. The van der Waals surface area contributed by atoms with Crippen LogP contribution in [0.4, 0.5) is 0 Å². The minimum absolute atomic E-state index is 0.152. The lowest BCUT2D eigenvalue weighted by molar-refractivity contribution is -0.120. The molecule has 0 unspecified atom stereocenters. The van der Waals surface area contributed by atoms with Crippen molar-refractivity contribution >= 4 is 21.8 Å². The van der Waals surface area contributed by atoms with Crippen LogP contribution in [-0.2, 0) is 11.2 Å². The maximum absolute atomic E-state index is 12.1. The molecule has 0 bridgehead atoms. The number of alkyl halides is 1. The fourth-order valence-electron chi connectivity index (χ4n) is 2.81. The Morgan fingerprint density at radius 3 is 2.65 bits per heavy atom. The summed E-state index contributed by atoms with van der Waals surface area (Å²) < 4.78 is 0. The summed E-state index contributed by atoms with van der Waals surface area (Å²) >= 11 is 3.67. The Labute approximate surface area is 130 Å². The summed E-state index contributed by atoms with van der Waals surface area (Å²) in [6.45, 7) is 4.97. The molecule has 0 heterocycles. The van der Waals surface area contributed by atoms with Crippen LogP contribution in [0.1, 0.15) is 42.4 Å². The molecule has 1 fully saturated rings.